The summed E-state index contributed by atoms with van der Waals surface area (Å²) >= 11 is 0. The highest BCUT2D eigenvalue weighted by molar-refractivity contribution is 6.14. The van der Waals surface area contributed by atoms with E-state index in [2.05, 4.69) is 238 Å². The van der Waals surface area contributed by atoms with Crippen molar-refractivity contribution in [1.82, 2.24) is 9.13 Å². The van der Waals surface area contributed by atoms with Gasteiger partial charge in [0.15, 0.2) is 0 Å². The summed E-state index contributed by atoms with van der Waals surface area (Å²) in [5.74, 6) is 0. The van der Waals surface area contributed by atoms with Gasteiger partial charge < -0.3 is 9.13 Å². The van der Waals surface area contributed by atoms with Crippen LogP contribution in [0.25, 0.3) is 111 Å². The zero-order chi connectivity index (χ0) is 46.9. The summed E-state index contributed by atoms with van der Waals surface area (Å²) in [4.78, 5) is 0. The lowest BCUT2D eigenvalue weighted by Gasteiger charge is -2.21. The molecule has 0 saturated heterocycles. The second kappa shape index (κ2) is 16.6. The van der Waals surface area contributed by atoms with Crippen molar-refractivity contribution in [2.45, 2.75) is 34.6 Å². The minimum absolute atomic E-state index is 0.629. The first-order valence-corrected chi connectivity index (χ1v) is 23.8. The maximum atomic E-state index is 10.2. The first-order valence-electron chi connectivity index (χ1n) is 23.8. The van der Waals surface area contributed by atoms with Gasteiger partial charge in [-0.15, -0.1) is 0 Å². The highest BCUT2D eigenvalue weighted by atomic mass is 15.0. The lowest BCUT2D eigenvalue weighted by Crippen LogP contribution is -2.06. The van der Waals surface area contributed by atoms with Gasteiger partial charge in [0.1, 0.15) is 0 Å². The molecule has 12 rings (SSSR count). The summed E-state index contributed by atoms with van der Waals surface area (Å²) in [7, 11) is 0. The number of nitrogens with zero attached hydrogens (tertiary/aromatic N) is 3. The van der Waals surface area contributed by atoms with Gasteiger partial charge in [-0.3, -0.25) is 0 Å². The van der Waals surface area contributed by atoms with Crippen LogP contribution in [0.4, 0.5) is 0 Å². The fourth-order valence-electron chi connectivity index (χ4n) is 11.0. The molecule has 0 amide bonds. The number of rotatable bonds is 7. The molecule has 0 aliphatic heterocycles. The van der Waals surface area contributed by atoms with Crippen LogP contribution in [0.15, 0.2) is 206 Å². The van der Waals surface area contributed by atoms with Crippen molar-refractivity contribution >= 4 is 43.6 Å². The zero-order valence-corrected chi connectivity index (χ0v) is 39.5. The normalized spacial score (nSPS) is 11.5. The van der Waals surface area contributed by atoms with E-state index < -0.39 is 0 Å². The molecule has 0 atom stereocenters. The molecule has 0 spiro atoms. The van der Waals surface area contributed by atoms with Gasteiger partial charge in [0.2, 0.25) is 0 Å². The van der Waals surface area contributed by atoms with Crippen molar-refractivity contribution in [3.8, 4) is 73.1 Å². The number of nitriles is 1. The van der Waals surface area contributed by atoms with E-state index in [9.17, 15) is 5.26 Å². The van der Waals surface area contributed by atoms with Crippen LogP contribution in [0.3, 0.4) is 0 Å². The monoisotopic (exact) mass is 883 g/mol. The number of fused-ring (bicyclic) bond motifs is 6. The molecule has 0 fully saturated rings. The molecule has 0 saturated carbocycles. The Balaban J connectivity index is 1.18. The number of hydrogen-bond acceptors (Lipinski definition) is 1. The second-order valence-corrected chi connectivity index (χ2v) is 18.7. The van der Waals surface area contributed by atoms with Crippen LogP contribution in [-0.2, 0) is 0 Å². The fraction of sp³-hybridized carbons (Fsp3) is 0.0758. The number of benzene rings is 10. The second-order valence-electron chi connectivity index (χ2n) is 18.7. The van der Waals surface area contributed by atoms with Crippen LogP contribution < -0.4 is 0 Å². The molecule has 0 radical (unpaired) electrons. The minimum atomic E-state index is 0.629. The molecule has 10 aromatic carbocycles. The summed E-state index contributed by atoms with van der Waals surface area (Å²) in [5.41, 5.74) is 25.2. The summed E-state index contributed by atoms with van der Waals surface area (Å²) in [6, 6.07) is 77.6. The Morgan fingerprint density at radius 3 is 1.06 bits per heavy atom. The molecule has 0 bridgehead atoms. The van der Waals surface area contributed by atoms with Crippen molar-refractivity contribution in [1.29, 1.82) is 5.26 Å². The Labute approximate surface area is 403 Å². The Morgan fingerprint density at radius 2 is 0.681 bits per heavy atom. The van der Waals surface area contributed by atoms with E-state index in [1.165, 1.54) is 88.3 Å². The van der Waals surface area contributed by atoms with Crippen molar-refractivity contribution in [2.24, 2.45) is 0 Å². The molecule has 0 N–H and O–H groups in total. The van der Waals surface area contributed by atoms with E-state index in [-0.39, 0.29) is 0 Å². The summed E-state index contributed by atoms with van der Waals surface area (Å²) in [6.07, 6.45) is 0. The molecule has 0 unspecified atom stereocenters. The van der Waals surface area contributed by atoms with Crippen LogP contribution >= 0.6 is 0 Å². The van der Waals surface area contributed by atoms with Crippen LogP contribution in [0, 0.1) is 45.9 Å². The first kappa shape index (κ1) is 41.7. The predicted octanol–water partition coefficient (Wildman–Crippen LogP) is 17.6. The van der Waals surface area contributed by atoms with E-state index in [4.69, 9.17) is 0 Å². The van der Waals surface area contributed by atoms with E-state index >= 15 is 0 Å². The quantitative estimate of drug-likeness (QED) is 0.157. The van der Waals surface area contributed by atoms with Crippen LogP contribution in [-0.4, -0.2) is 9.13 Å². The van der Waals surface area contributed by atoms with Crippen molar-refractivity contribution < 1.29 is 0 Å². The van der Waals surface area contributed by atoms with Crippen LogP contribution in [0.5, 0.6) is 0 Å². The predicted molar refractivity (Wildman–Crippen MR) is 291 cm³/mol. The molecule has 69 heavy (non-hydrogen) atoms. The Morgan fingerprint density at radius 1 is 0.319 bits per heavy atom. The zero-order valence-electron chi connectivity index (χ0n) is 39.5. The Bertz CT molecular complexity index is 3890. The molecule has 3 heteroatoms. The van der Waals surface area contributed by atoms with Gasteiger partial charge in [-0.25, -0.2) is 0 Å². The number of hydrogen-bond donors (Lipinski definition) is 0. The molecule has 0 aliphatic carbocycles. The topological polar surface area (TPSA) is 33.6 Å². The van der Waals surface area contributed by atoms with Gasteiger partial charge in [0.05, 0.1) is 45.1 Å². The van der Waals surface area contributed by atoms with Crippen molar-refractivity contribution in [2.75, 3.05) is 0 Å². The lowest BCUT2D eigenvalue weighted by molar-refractivity contribution is 1.10. The Kier molecular flexibility index (Phi) is 10.0. The molecular weight excluding hydrogens is 835 g/mol. The van der Waals surface area contributed by atoms with Gasteiger partial charge >= 0.3 is 0 Å². The number of aryl methyl sites for hydroxylation is 4. The summed E-state index contributed by atoms with van der Waals surface area (Å²) in [5, 5.41) is 15.0. The molecule has 2 heterocycles. The largest absolute Gasteiger partial charge is 0.309 e. The molecule has 0 aliphatic rings. The summed E-state index contributed by atoms with van der Waals surface area (Å²) < 4.78 is 4.96. The standard InChI is InChI=1S/C66H49N3/c1-41-15-6-10-21-52(41)48-25-30-62-57(36-48)58-37-49(53-22-11-7-16-42(53)2)26-31-63(58)68(62)61-34-29-56(47-20-14-19-46(35-47)40-67)66(45(61)5)69-64-32-27-50(54-23-12-8-17-43(54)3)38-59(64)60-39-51(28-33-65(60)69)55-24-13-9-18-44(55)4/h6-39H,1-5H3. The average Bonchev–Trinajstić information content (AvgIpc) is 3.87. The maximum Gasteiger partial charge on any atom is 0.0991 e. The molecule has 3 nitrogen and oxygen atoms in total. The van der Waals surface area contributed by atoms with Gasteiger partial charge in [-0.2, -0.15) is 5.26 Å². The van der Waals surface area contributed by atoms with Gasteiger partial charge in [-0.1, -0.05) is 140 Å². The van der Waals surface area contributed by atoms with E-state index in [0.717, 1.165) is 50.1 Å². The highest BCUT2D eigenvalue weighted by Crippen LogP contribution is 2.45. The third-order valence-corrected chi connectivity index (χ3v) is 14.5. The van der Waals surface area contributed by atoms with E-state index in [0.29, 0.717) is 5.56 Å². The van der Waals surface area contributed by atoms with E-state index in [1.54, 1.807) is 0 Å². The molecular formula is C66H49N3. The van der Waals surface area contributed by atoms with Gasteiger partial charge in [0, 0.05) is 27.1 Å². The third kappa shape index (κ3) is 6.87. The van der Waals surface area contributed by atoms with Crippen LogP contribution in [0.2, 0.25) is 0 Å². The minimum Gasteiger partial charge on any atom is -0.309 e. The SMILES string of the molecule is Cc1ccccc1-c1ccc2c(c1)c1cc(-c3ccccc3C)ccc1n2-c1ccc(-c2cccc(C#N)c2)c(-n2c3ccc(-c4ccccc4C)cc3c3cc(-c4ccccc4C)ccc32)c1C. The average molecular weight is 884 g/mol. The van der Waals surface area contributed by atoms with Crippen LogP contribution in [0.1, 0.15) is 33.4 Å². The number of aromatic nitrogens is 2. The fourth-order valence-corrected chi connectivity index (χ4v) is 11.0. The van der Waals surface area contributed by atoms with Crippen molar-refractivity contribution in [3.63, 3.8) is 0 Å². The summed E-state index contributed by atoms with van der Waals surface area (Å²) in [6.45, 7) is 11.1. The van der Waals surface area contributed by atoms with Crippen molar-refractivity contribution in [3.05, 3.63) is 240 Å². The molecule has 2 aromatic heterocycles. The molecule has 328 valence electrons. The maximum absolute atomic E-state index is 10.2. The lowest BCUT2D eigenvalue weighted by atomic mass is 9.97. The van der Waals surface area contributed by atoms with E-state index in [1.807, 2.05) is 18.2 Å². The highest BCUT2D eigenvalue weighted by Gasteiger charge is 2.24. The van der Waals surface area contributed by atoms with Gasteiger partial charge in [0.25, 0.3) is 0 Å². The Hall–Kier alpha value is -8.71. The smallest absolute Gasteiger partial charge is 0.0991 e. The third-order valence-electron chi connectivity index (χ3n) is 14.5. The molecule has 12 aromatic rings. The first-order chi connectivity index (χ1) is 33.7. The van der Waals surface area contributed by atoms with Gasteiger partial charge in [-0.05, 0) is 179 Å².